The van der Waals surface area contributed by atoms with E-state index < -0.39 is 41.7 Å². The summed E-state index contributed by atoms with van der Waals surface area (Å²) < 4.78 is 47.1. The molecule has 2 heterocycles. The van der Waals surface area contributed by atoms with Crippen molar-refractivity contribution < 1.29 is 27.5 Å². The molecule has 0 radical (unpaired) electrons. The first kappa shape index (κ1) is 19.7. The Hall–Kier alpha value is -2.09. The fraction of sp³-hybridized carbons (Fsp3) is 0.579. The number of halogens is 3. The number of rotatable bonds is 2. The van der Waals surface area contributed by atoms with E-state index in [1.54, 1.807) is 45.0 Å². The molecule has 8 heteroatoms. The van der Waals surface area contributed by atoms with Crippen LogP contribution in [0.1, 0.15) is 44.4 Å². The molecule has 5 nitrogen and oxygen atoms in total. The number of esters is 1. The van der Waals surface area contributed by atoms with E-state index in [1.165, 1.54) is 5.01 Å². The molecular formula is C19H23F3N2O3. The molecule has 0 spiro atoms. The van der Waals surface area contributed by atoms with Crippen LogP contribution in [-0.4, -0.2) is 46.3 Å². The predicted octanol–water partition coefficient (Wildman–Crippen LogP) is 3.39. The summed E-state index contributed by atoms with van der Waals surface area (Å²) in [5.74, 6) is -3.12. The standard InChI is InChI=1S/C19H23F3N2O3/c1-11-5-7-12(8-6-11)15-14(17(26)27-18(2,3)4)16(19(20,21)22)24-13(25)9-10-23(15)24/h5-8,14-16H,9-10H2,1-4H3. The second-order valence-corrected chi connectivity index (χ2v) is 8.05. The predicted molar refractivity (Wildman–Crippen MR) is 91.3 cm³/mol. The maximum absolute atomic E-state index is 13.9. The van der Waals surface area contributed by atoms with E-state index in [4.69, 9.17) is 4.74 Å². The lowest BCUT2D eigenvalue weighted by Gasteiger charge is -2.29. The molecule has 3 rings (SSSR count). The summed E-state index contributed by atoms with van der Waals surface area (Å²) in [4.78, 5) is 25.0. The van der Waals surface area contributed by atoms with E-state index in [0.29, 0.717) is 5.56 Å². The average molecular weight is 384 g/mol. The van der Waals surface area contributed by atoms with Crippen LogP contribution in [0.3, 0.4) is 0 Å². The molecular weight excluding hydrogens is 361 g/mol. The van der Waals surface area contributed by atoms with Gasteiger partial charge in [0.2, 0.25) is 5.91 Å². The Morgan fingerprint density at radius 2 is 1.74 bits per heavy atom. The van der Waals surface area contributed by atoms with Gasteiger partial charge < -0.3 is 4.74 Å². The monoisotopic (exact) mass is 384 g/mol. The lowest BCUT2D eigenvalue weighted by Crippen LogP contribution is -2.50. The van der Waals surface area contributed by atoms with Crippen LogP contribution in [0.15, 0.2) is 24.3 Å². The molecule has 0 saturated carbocycles. The number of aryl methyl sites for hydroxylation is 1. The number of benzene rings is 1. The summed E-state index contributed by atoms with van der Waals surface area (Å²) in [6.07, 6.45) is -4.75. The molecule has 1 aromatic carbocycles. The maximum atomic E-state index is 13.9. The molecule has 0 bridgehead atoms. The third-order valence-corrected chi connectivity index (χ3v) is 4.79. The second-order valence-electron chi connectivity index (χ2n) is 8.05. The molecule has 2 aliphatic rings. The summed E-state index contributed by atoms with van der Waals surface area (Å²) >= 11 is 0. The van der Waals surface area contributed by atoms with Crippen LogP contribution >= 0.6 is 0 Å². The van der Waals surface area contributed by atoms with Crippen molar-refractivity contribution in [2.24, 2.45) is 5.92 Å². The van der Waals surface area contributed by atoms with Gasteiger partial charge in [-0.05, 0) is 33.3 Å². The van der Waals surface area contributed by atoms with Gasteiger partial charge >= 0.3 is 12.1 Å². The molecule has 148 valence electrons. The van der Waals surface area contributed by atoms with Crippen LogP contribution in [0.5, 0.6) is 0 Å². The largest absolute Gasteiger partial charge is 0.460 e. The summed E-state index contributed by atoms with van der Waals surface area (Å²) in [7, 11) is 0. The van der Waals surface area contributed by atoms with Gasteiger partial charge in [0.25, 0.3) is 0 Å². The first-order valence-corrected chi connectivity index (χ1v) is 8.85. The van der Waals surface area contributed by atoms with Crippen LogP contribution in [0.2, 0.25) is 0 Å². The number of nitrogens with zero attached hydrogens (tertiary/aromatic N) is 2. The number of alkyl halides is 3. The van der Waals surface area contributed by atoms with Gasteiger partial charge in [0.05, 0.1) is 6.04 Å². The van der Waals surface area contributed by atoms with E-state index >= 15 is 0 Å². The number of amides is 1. The fourth-order valence-electron chi connectivity index (χ4n) is 3.79. The van der Waals surface area contributed by atoms with Gasteiger partial charge in [0, 0.05) is 13.0 Å². The Bertz CT molecular complexity index is 740. The third kappa shape index (κ3) is 3.67. The zero-order chi connectivity index (χ0) is 20.1. The molecule has 2 aliphatic heterocycles. The number of hydrogen-bond acceptors (Lipinski definition) is 4. The van der Waals surface area contributed by atoms with Crippen molar-refractivity contribution >= 4 is 11.9 Å². The second kappa shape index (κ2) is 6.51. The van der Waals surface area contributed by atoms with Gasteiger partial charge in [-0.3, -0.25) is 14.6 Å². The Balaban J connectivity index is 2.10. The van der Waals surface area contributed by atoms with Crippen LogP contribution in [-0.2, 0) is 14.3 Å². The summed E-state index contributed by atoms with van der Waals surface area (Å²) in [6.45, 7) is 6.83. The molecule has 3 atom stereocenters. The number of carbonyl (C=O) groups is 2. The smallest absolute Gasteiger partial charge is 0.411 e. The Morgan fingerprint density at radius 3 is 2.26 bits per heavy atom. The maximum Gasteiger partial charge on any atom is 0.411 e. The van der Waals surface area contributed by atoms with Gasteiger partial charge in [-0.15, -0.1) is 0 Å². The highest BCUT2D eigenvalue weighted by atomic mass is 19.4. The van der Waals surface area contributed by atoms with E-state index in [2.05, 4.69) is 0 Å². The number of carbonyl (C=O) groups excluding carboxylic acids is 2. The molecule has 1 amide bonds. The van der Waals surface area contributed by atoms with Gasteiger partial charge in [-0.2, -0.15) is 13.2 Å². The van der Waals surface area contributed by atoms with Gasteiger partial charge in [0.15, 0.2) is 6.04 Å². The minimum Gasteiger partial charge on any atom is -0.460 e. The summed E-state index contributed by atoms with van der Waals surface area (Å²) in [5, 5.41) is 2.10. The lowest BCUT2D eigenvalue weighted by molar-refractivity contribution is -0.207. The molecule has 2 fully saturated rings. The van der Waals surface area contributed by atoms with Gasteiger partial charge in [-0.25, -0.2) is 5.01 Å². The zero-order valence-corrected chi connectivity index (χ0v) is 15.7. The molecule has 3 unspecified atom stereocenters. The quantitative estimate of drug-likeness (QED) is 0.734. The van der Waals surface area contributed by atoms with Crippen molar-refractivity contribution in [3.05, 3.63) is 35.4 Å². The molecule has 27 heavy (non-hydrogen) atoms. The average Bonchev–Trinajstić information content (AvgIpc) is 3.04. The van der Waals surface area contributed by atoms with E-state index in [-0.39, 0.29) is 13.0 Å². The molecule has 0 aliphatic carbocycles. The van der Waals surface area contributed by atoms with Crippen molar-refractivity contribution in [1.29, 1.82) is 0 Å². The highest BCUT2D eigenvalue weighted by Crippen LogP contribution is 2.50. The molecule has 0 aromatic heterocycles. The van der Waals surface area contributed by atoms with Crippen molar-refractivity contribution in [3.63, 3.8) is 0 Å². The van der Waals surface area contributed by atoms with Crippen LogP contribution < -0.4 is 0 Å². The van der Waals surface area contributed by atoms with Gasteiger partial charge in [-0.1, -0.05) is 29.8 Å². The molecule has 0 N–H and O–H groups in total. The van der Waals surface area contributed by atoms with E-state index in [0.717, 1.165) is 10.6 Å². The molecule has 2 saturated heterocycles. The van der Waals surface area contributed by atoms with Crippen LogP contribution in [0.25, 0.3) is 0 Å². The summed E-state index contributed by atoms with van der Waals surface area (Å²) in [5.41, 5.74) is 0.576. The van der Waals surface area contributed by atoms with Crippen LogP contribution in [0.4, 0.5) is 13.2 Å². The van der Waals surface area contributed by atoms with Crippen molar-refractivity contribution in [1.82, 2.24) is 10.0 Å². The number of hydrazine groups is 1. The molecule has 1 aromatic rings. The van der Waals surface area contributed by atoms with Gasteiger partial charge in [0.1, 0.15) is 11.5 Å². The Labute approximate surface area is 156 Å². The lowest BCUT2D eigenvalue weighted by atomic mass is 9.87. The highest BCUT2D eigenvalue weighted by Gasteiger charge is 2.65. The first-order chi connectivity index (χ1) is 12.4. The number of ether oxygens (including phenoxy) is 1. The van der Waals surface area contributed by atoms with Crippen molar-refractivity contribution in [3.8, 4) is 0 Å². The van der Waals surface area contributed by atoms with Crippen molar-refractivity contribution in [2.75, 3.05) is 6.54 Å². The van der Waals surface area contributed by atoms with E-state index in [1.807, 2.05) is 6.92 Å². The Morgan fingerprint density at radius 1 is 1.15 bits per heavy atom. The third-order valence-electron chi connectivity index (χ3n) is 4.79. The SMILES string of the molecule is Cc1ccc(C2C(C(=O)OC(C)(C)C)C(C(F)(F)F)N3C(=O)CCN23)cc1. The minimum atomic E-state index is -4.75. The number of hydrogen-bond donors (Lipinski definition) is 0. The first-order valence-electron chi connectivity index (χ1n) is 8.85. The topological polar surface area (TPSA) is 49.9 Å². The minimum absolute atomic E-state index is 0.00399. The fourth-order valence-corrected chi connectivity index (χ4v) is 3.79. The normalized spacial score (nSPS) is 26.4. The zero-order valence-electron chi connectivity index (χ0n) is 15.7. The van der Waals surface area contributed by atoms with E-state index in [9.17, 15) is 22.8 Å². The Kier molecular flexibility index (Phi) is 4.74. The number of fused-ring (bicyclic) bond motifs is 1. The van der Waals surface area contributed by atoms with Crippen LogP contribution in [0, 0.1) is 12.8 Å². The highest BCUT2D eigenvalue weighted by molar-refractivity contribution is 5.82. The van der Waals surface area contributed by atoms with Crippen molar-refractivity contribution in [2.45, 2.75) is 58.0 Å². The summed E-state index contributed by atoms with van der Waals surface area (Å²) in [6, 6.07) is 3.84.